The van der Waals surface area contributed by atoms with Crippen molar-refractivity contribution in [1.29, 1.82) is 0 Å². The van der Waals surface area contributed by atoms with E-state index in [-0.39, 0.29) is 28.8 Å². The van der Waals surface area contributed by atoms with Crippen LogP contribution in [0.15, 0.2) is 30.3 Å². The summed E-state index contributed by atoms with van der Waals surface area (Å²) in [7, 11) is 0. The van der Waals surface area contributed by atoms with Crippen LogP contribution in [0.2, 0.25) is 0 Å². The van der Waals surface area contributed by atoms with Crippen LogP contribution in [0.5, 0.6) is 0 Å². The smallest absolute Gasteiger partial charge is 0.263 e. The van der Waals surface area contributed by atoms with Crippen molar-refractivity contribution in [3.63, 3.8) is 0 Å². The maximum atomic E-state index is 12.4. The van der Waals surface area contributed by atoms with Gasteiger partial charge < -0.3 is 0 Å². The van der Waals surface area contributed by atoms with E-state index in [1.165, 1.54) is 19.1 Å². The molecule has 1 aliphatic carbocycles. The predicted octanol–water partition coefficient (Wildman–Crippen LogP) is 3.92. The third-order valence-electron chi connectivity index (χ3n) is 5.56. The maximum Gasteiger partial charge on any atom is 0.346 e. The minimum absolute atomic E-state index is 0.0927. The average Bonchev–Trinajstić information content (AvgIpc) is 2.88. The van der Waals surface area contributed by atoms with Gasteiger partial charge in [-0.1, -0.05) is 13.8 Å². The zero-order chi connectivity index (χ0) is 22.6. The molecule has 0 aliphatic heterocycles. The minimum atomic E-state index is -1.95. The van der Waals surface area contributed by atoms with Gasteiger partial charge in [0.1, 0.15) is 0 Å². The second-order valence-electron chi connectivity index (χ2n) is 7.84. The number of nitrogens with zero attached hydrogens (tertiary/aromatic N) is 4. The molecule has 0 radical (unpaired) electrons. The first kappa shape index (κ1) is 20.8. The highest BCUT2D eigenvalue weighted by Crippen LogP contribution is 2.55. The summed E-state index contributed by atoms with van der Waals surface area (Å²) in [5, 5.41) is 46.2. The summed E-state index contributed by atoms with van der Waals surface area (Å²) in [5.74, 6) is 0. The number of fused-ring (bicyclic) bond motifs is 1. The molecule has 1 atom stereocenters. The van der Waals surface area contributed by atoms with E-state index in [1.54, 1.807) is 13.8 Å². The highest BCUT2D eigenvalue weighted by molar-refractivity contribution is 5.61. The van der Waals surface area contributed by atoms with Gasteiger partial charge in [0.2, 0.25) is 0 Å². The van der Waals surface area contributed by atoms with E-state index >= 15 is 0 Å². The third kappa shape index (κ3) is 2.84. The van der Waals surface area contributed by atoms with Gasteiger partial charge in [0, 0.05) is 46.2 Å². The number of hydrogen-bond acceptors (Lipinski definition) is 8. The molecule has 1 unspecified atom stereocenters. The van der Waals surface area contributed by atoms with Crippen LogP contribution in [0.4, 0.5) is 17.1 Å². The van der Waals surface area contributed by atoms with E-state index in [4.69, 9.17) is 0 Å². The molecule has 1 aliphatic rings. The van der Waals surface area contributed by atoms with Crippen molar-refractivity contribution in [2.75, 3.05) is 0 Å². The average molecular weight is 416 g/mol. The molecule has 12 nitrogen and oxygen atoms in total. The highest BCUT2D eigenvalue weighted by Gasteiger charge is 2.59. The summed E-state index contributed by atoms with van der Waals surface area (Å²) < 4.78 is 0. The first-order valence-electron chi connectivity index (χ1n) is 8.70. The molecule has 0 N–H and O–H groups in total. The number of rotatable bonds is 5. The lowest BCUT2D eigenvalue weighted by Gasteiger charge is -2.24. The molecule has 0 saturated heterocycles. The zero-order valence-corrected chi connectivity index (χ0v) is 16.1. The van der Waals surface area contributed by atoms with Crippen molar-refractivity contribution in [2.24, 2.45) is 0 Å². The molecule has 156 valence electrons. The van der Waals surface area contributed by atoms with Crippen LogP contribution in [0, 0.1) is 47.4 Å². The first-order valence-corrected chi connectivity index (χ1v) is 8.70. The lowest BCUT2D eigenvalue weighted by Crippen LogP contribution is -2.36. The standard InChI is InChI=1S/C18H16N4O8/c1-10-6-13-12(8-15(10)20(25)26)17(2,3)9-18(13,22(29)30)11-4-5-14(19(23)24)16(7-11)21(27)28/h4-8H,9H2,1-3H3. The van der Waals surface area contributed by atoms with E-state index in [1.807, 2.05) is 0 Å². The molecule has 0 bridgehead atoms. The SMILES string of the molecule is Cc1cc2c(cc1[N+](=O)[O-])C(C)(C)CC2(c1ccc([N+](=O)[O-])c([N+](=O)[O-])c1)[N+](=O)[O-]. The Bertz CT molecular complexity index is 1140. The van der Waals surface area contributed by atoms with Crippen molar-refractivity contribution < 1.29 is 19.7 Å². The first-order chi connectivity index (χ1) is 13.8. The van der Waals surface area contributed by atoms with Crippen LogP contribution in [0.1, 0.15) is 42.5 Å². The lowest BCUT2D eigenvalue weighted by molar-refractivity contribution is -0.566. The van der Waals surface area contributed by atoms with Gasteiger partial charge >= 0.3 is 11.4 Å². The summed E-state index contributed by atoms with van der Waals surface area (Å²) in [4.78, 5) is 43.2. The van der Waals surface area contributed by atoms with Gasteiger partial charge in [0.15, 0.2) is 0 Å². The van der Waals surface area contributed by atoms with E-state index in [2.05, 4.69) is 0 Å². The Morgan fingerprint density at radius 1 is 0.767 bits per heavy atom. The Hall–Kier alpha value is -3.96. The molecule has 0 saturated carbocycles. The van der Waals surface area contributed by atoms with Crippen LogP contribution in [-0.2, 0) is 11.0 Å². The van der Waals surface area contributed by atoms with Gasteiger partial charge in [0.25, 0.3) is 11.2 Å². The molecule has 2 aromatic carbocycles. The fourth-order valence-corrected chi connectivity index (χ4v) is 4.23. The van der Waals surface area contributed by atoms with E-state index in [0.29, 0.717) is 5.56 Å². The van der Waals surface area contributed by atoms with E-state index in [9.17, 15) is 40.5 Å². The largest absolute Gasteiger partial charge is 0.346 e. The number of aryl methyl sites for hydroxylation is 1. The van der Waals surface area contributed by atoms with Crippen molar-refractivity contribution in [3.05, 3.63) is 93.0 Å². The van der Waals surface area contributed by atoms with Crippen LogP contribution < -0.4 is 0 Å². The molecule has 0 spiro atoms. The van der Waals surface area contributed by atoms with Gasteiger partial charge in [0.05, 0.1) is 14.8 Å². The fraction of sp³-hybridized carbons (Fsp3) is 0.333. The van der Waals surface area contributed by atoms with E-state index < -0.39 is 42.0 Å². The Morgan fingerprint density at radius 2 is 1.33 bits per heavy atom. The number of hydrogen-bond donors (Lipinski definition) is 0. The molecule has 3 rings (SSSR count). The van der Waals surface area contributed by atoms with Crippen molar-refractivity contribution in [1.82, 2.24) is 0 Å². The third-order valence-corrected chi connectivity index (χ3v) is 5.56. The molecule has 0 fully saturated rings. The zero-order valence-electron chi connectivity index (χ0n) is 16.1. The molecule has 0 aromatic heterocycles. The fourth-order valence-electron chi connectivity index (χ4n) is 4.23. The van der Waals surface area contributed by atoms with Gasteiger partial charge in [-0.2, -0.15) is 0 Å². The monoisotopic (exact) mass is 416 g/mol. The summed E-state index contributed by atoms with van der Waals surface area (Å²) in [6.07, 6.45) is -0.127. The van der Waals surface area contributed by atoms with Crippen LogP contribution in [0.3, 0.4) is 0 Å². The van der Waals surface area contributed by atoms with E-state index in [0.717, 1.165) is 18.2 Å². The Morgan fingerprint density at radius 3 is 1.83 bits per heavy atom. The van der Waals surface area contributed by atoms with Crippen LogP contribution in [-0.4, -0.2) is 19.7 Å². The van der Waals surface area contributed by atoms with Crippen LogP contribution >= 0.6 is 0 Å². The minimum Gasteiger partial charge on any atom is -0.263 e. The molecule has 0 heterocycles. The molecule has 30 heavy (non-hydrogen) atoms. The Labute approximate surface area is 168 Å². The normalized spacial score (nSPS) is 19.2. The van der Waals surface area contributed by atoms with Crippen LogP contribution in [0.25, 0.3) is 0 Å². The van der Waals surface area contributed by atoms with Gasteiger partial charge in [-0.15, -0.1) is 0 Å². The summed E-state index contributed by atoms with van der Waals surface area (Å²) in [6, 6.07) is 5.52. The molecule has 0 amide bonds. The molecular weight excluding hydrogens is 400 g/mol. The second-order valence-corrected chi connectivity index (χ2v) is 7.84. The van der Waals surface area contributed by atoms with Gasteiger partial charge in [-0.3, -0.25) is 40.5 Å². The maximum absolute atomic E-state index is 12.4. The molecule has 2 aromatic rings. The number of nitro groups is 4. The summed E-state index contributed by atoms with van der Waals surface area (Å²) in [5.41, 5.74) is -3.94. The number of nitro benzene ring substituents is 3. The second kappa shape index (κ2) is 6.54. The summed E-state index contributed by atoms with van der Waals surface area (Å²) >= 11 is 0. The molecule has 12 heteroatoms. The van der Waals surface area contributed by atoms with Crippen molar-refractivity contribution in [3.8, 4) is 0 Å². The van der Waals surface area contributed by atoms with Crippen molar-refractivity contribution in [2.45, 2.75) is 38.1 Å². The van der Waals surface area contributed by atoms with Crippen molar-refractivity contribution >= 4 is 17.1 Å². The molecular formula is C18H16N4O8. The van der Waals surface area contributed by atoms with Gasteiger partial charge in [-0.25, -0.2) is 0 Å². The van der Waals surface area contributed by atoms with Gasteiger partial charge in [-0.05, 0) is 30.0 Å². The summed E-state index contributed by atoms with van der Waals surface area (Å²) in [6.45, 7) is 4.83. The predicted molar refractivity (Wildman–Crippen MR) is 103 cm³/mol. The Kier molecular flexibility index (Phi) is 4.53. The number of benzene rings is 2. The lowest BCUT2D eigenvalue weighted by atomic mass is 9.80. The topological polar surface area (TPSA) is 173 Å². The Balaban J connectivity index is 2.39. The highest BCUT2D eigenvalue weighted by atomic mass is 16.6. The quantitative estimate of drug-likeness (QED) is 0.520.